The second-order valence-electron chi connectivity index (χ2n) is 7.25. The summed E-state index contributed by atoms with van der Waals surface area (Å²) in [6, 6.07) is 7.90. The first-order chi connectivity index (χ1) is 15.4. The number of benzene rings is 1. The van der Waals surface area contributed by atoms with E-state index in [0.717, 1.165) is 49.0 Å². The van der Waals surface area contributed by atoms with Gasteiger partial charge in [0.15, 0.2) is 0 Å². The van der Waals surface area contributed by atoms with E-state index >= 15 is 0 Å². The Morgan fingerprint density at radius 2 is 1.59 bits per heavy atom. The second kappa shape index (κ2) is 10.5. The standard InChI is InChI=1S/C22H27N3O6S/c1-14-18(21(27)30-3)20(32-19(14)22(28)31-4)23-17(26)13-24-9-11-25(12-10-24)15-5-7-16(29-2)8-6-15/h5-8H,9-13H2,1-4H3,(H,23,26). The Kier molecular flexibility index (Phi) is 7.70. The summed E-state index contributed by atoms with van der Waals surface area (Å²) in [6.45, 7) is 4.83. The molecule has 32 heavy (non-hydrogen) atoms. The van der Waals surface area contributed by atoms with Crippen LogP contribution in [0.3, 0.4) is 0 Å². The van der Waals surface area contributed by atoms with E-state index in [1.165, 1.54) is 14.2 Å². The maximum atomic E-state index is 12.7. The van der Waals surface area contributed by atoms with Crippen LogP contribution in [0.15, 0.2) is 24.3 Å². The third-order valence-corrected chi connectivity index (χ3v) is 6.52. The van der Waals surface area contributed by atoms with Gasteiger partial charge in [0, 0.05) is 31.9 Å². The highest BCUT2D eigenvalue weighted by molar-refractivity contribution is 7.18. The van der Waals surface area contributed by atoms with Gasteiger partial charge < -0.3 is 24.4 Å². The lowest BCUT2D eigenvalue weighted by atomic mass is 10.1. The van der Waals surface area contributed by atoms with E-state index < -0.39 is 11.9 Å². The summed E-state index contributed by atoms with van der Waals surface area (Å²) >= 11 is 1.01. The number of amides is 1. The zero-order valence-electron chi connectivity index (χ0n) is 18.6. The predicted octanol–water partition coefficient (Wildman–Crippen LogP) is 2.40. The molecular weight excluding hydrogens is 434 g/mol. The second-order valence-corrected chi connectivity index (χ2v) is 8.27. The number of carbonyl (C=O) groups is 3. The number of nitrogens with zero attached hydrogens (tertiary/aromatic N) is 2. The van der Waals surface area contributed by atoms with Gasteiger partial charge in [0.05, 0.1) is 33.4 Å². The molecule has 2 aromatic rings. The minimum Gasteiger partial charge on any atom is -0.497 e. The predicted molar refractivity (Wildman–Crippen MR) is 122 cm³/mol. The van der Waals surface area contributed by atoms with Crippen LogP contribution in [-0.2, 0) is 14.3 Å². The fourth-order valence-electron chi connectivity index (χ4n) is 3.56. The van der Waals surface area contributed by atoms with Gasteiger partial charge in [-0.05, 0) is 36.8 Å². The van der Waals surface area contributed by atoms with Gasteiger partial charge in [-0.1, -0.05) is 0 Å². The maximum absolute atomic E-state index is 12.7. The van der Waals surface area contributed by atoms with Crippen molar-refractivity contribution in [3.05, 3.63) is 40.3 Å². The molecule has 2 heterocycles. The molecule has 0 atom stereocenters. The van der Waals surface area contributed by atoms with E-state index in [1.54, 1.807) is 14.0 Å². The minimum atomic E-state index is -0.614. The number of hydrogen-bond donors (Lipinski definition) is 1. The van der Waals surface area contributed by atoms with Gasteiger partial charge in [0.25, 0.3) is 0 Å². The molecule has 1 aromatic heterocycles. The van der Waals surface area contributed by atoms with Crippen LogP contribution < -0.4 is 15.0 Å². The summed E-state index contributed by atoms with van der Waals surface area (Å²) in [6.07, 6.45) is 0. The SMILES string of the molecule is COC(=O)c1sc(NC(=O)CN2CCN(c3ccc(OC)cc3)CC2)c(C(=O)OC)c1C. The molecular formula is C22H27N3O6S. The molecule has 0 saturated carbocycles. The van der Waals surface area contributed by atoms with Gasteiger partial charge >= 0.3 is 11.9 Å². The first-order valence-corrected chi connectivity index (χ1v) is 10.9. The van der Waals surface area contributed by atoms with Crippen LogP contribution in [-0.4, -0.2) is 76.8 Å². The summed E-state index contributed by atoms with van der Waals surface area (Å²) in [7, 11) is 4.16. The molecule has 0 radical (unpaired) electrons. The molecule has 1 fully saturated rings. The van der Waals surface area contributed by atoms with E-state index in [2.05, 4.69) is 15.1 Å². The number of carbonyl (C=O) groups excluding carboxylic acids is 3. The largest absolute Gasteiger partial charge is 0.497 e. The number of methoxy groups -OCH3 is 3. The third-order valence-electron chi connectivity index (χ3n) is 5.34. The van der Waals surface area contributed by atoms with Crippen LogP contribution in [0.5, 0.6) is 5.75 Å². The molecule has 1 aliphatic heterocycles. The van der Waals surface area contributed by atoms with Gasteiger partial charge in [-0.2, -0.15) is 0 Å². The Morgan fingerprint density at radius 1 is 0.969 bits per heavy atom. The van der Waals surface area contributed by atoms with Gasteiger partial charge in [0.1, 0.15) is 15.6 Å². The van der Waals surface area contributed by atoms with Gasteiger partial charge in [-0.15, -0.1) is 11.3 Å². The third kappa shape index (κ3) is 5.20. The lowest BCUT2D eigenvalue weighted by molar-refractivity contribution is -0.117. The highest BCUT2D eigenvalue weighted by Crippen LogP contribution is 2.34. The number of nitrogens with one attached hydrogen (secondary N) is 1. The molecule has 0 aliphatic carbocycles. The Balaban J connectivity index is 1.61. The molecule has 1 amide bonds. The molecule has 3 rings (SSSR count). The van der Waals surface area contributed by atoms with Crippen molar-refractivity contribution in [1.29, 1.82) is 0 Å². The summed E-state index contributed by atoms with van der Waals surface area (Å²) in [4.78, 5) is 41.5. The fourth-order valence-corrected chi connectivity index (χ4v) is 4.69. The first-order valence-electron chi connectivity index (χ1n) is 10.1. The van der Waals surface area contributed by atoms with Crippen molar-refractivity contribution in [1.82, 2.24) is 4.90 Å². The van der Waals surface area contributed by atoms with Gasteiger partial charge in [0.2, 0.25) is 5.91 Å². The number of rotatable bonds is 7. The highest BCUT2D eigenvalue weighted by atomic mass is 32.1. The molecule has 0 bridgehead atoms. The normalized spacial score (nSPS) is 14.1. The van der Waals surface area contributed by atoms with Crippen molar-refractivity contribution >= 4 is 39.9 Å². The number of piperazine rings is 1. The minimum absolute atomic E-state index is 0.176. The molecule has 0 spiro atoms. The smallest absolute Gasteiger partial charge is 0.348 e. The number of hydrogen-bond acceptors (Lipinski definition) is 9. The van der Waals surface area contributed by atoms with Crippen molar-refractivity contribution in [2.45, 2.75) is 6.92 Å². The molecule has 10 heteroatoms. The van der Waals surface area contributed by atoms with Crippen molar-refractivity contribution in [2.75, 3.05) is 64.3 Å². The zero-order chi connectivity index (χ0) is 23.3. The van der Waals surface area contributed by atoms with Crippen molar-refractivity contribution in [3.63, 3.8) is 0 Å². The molecule has 1 aromatic carbocycles. The first kappa shape index (κ1) is 23.6. The number of esters is 2. The summed E-state index contributed by atoms with van der Waals surface area (Å²) in [5, 5.41) is 3.06. The monoisotopic (exact) mass is 461 g/mol. The van der Waals surface area contributed by atoms with Crippen LogP contribution >= 0.6 is 11.3 Å². The number of thiophene rings is 1. The molecule has 0 unspecified atom stereocenters. The molecule has 172 valence electrons. The van der Waals surface area contributed by atoms with Crippen molar-refractivity contribution < 1.29 is 28.6 Å². The number of ether oxygens (including phenoxy) is 3. The van der Waals surface area contributed by atoms with Crippen LogP contribution in [0.1, 0.15) is 25.6 Å². The Bertz CT molecular complexity index is 980. The highest BCUT2D eigenvalue weighted by Gasteiger charge is 2.27. The average molecular weight is 462 g/mol. The van der Waals surface area contributed by atoms with Crippen molar-refractivity contribution in [2.24, 2.45) is 0 Å². The van der Waals surface area contributed by atoms with E-state index in [0.29, 0.717) is 5.56 Å². The quantitative estimate of drug-likeness (QED) is 0.628. The van der Waals surface area contributed by atoms with Crippen molar-refractivity contribution in [3.8, 4) is 5.75 Å². The van der Waals surface area contributed by atoms with Crippen LogP contribution in [0.25, 0.3) is 0 Å². The Labute approximate surface area is 190 Å². The maximum Gasteiger partial charge on any atom is 0.348 e. The van der Waals surface area contributed by atoms with E-state index in [1.807, 2.05) is 24.3 Å². The van der Waals surface area contributed by atoms with Gasteiger partial charge in [-0.25, -0.2) is 9.59 Å². The summed E-state index contributed by atoms with van der Waals surface area (Å²) < 4.78 is 14.8. The molecule has 1 N–H and O–H groups in total. The van der Waals surface area contributed by atoms with E-state index in [4.69, 9.17) is 14.2 Å². The summed E-state index contributed by atoms with van der Waals surface area (Å²) in [5.41, 5.74) is 1.72. The summed E-state index contributed by atoms with van der Waals surface area (Å²) in [5.74, 6) is -0.620. The van der Waals surface area contributed by atoms with E-state index in [9.17, 15) is 14.4 Å². The molecule has 1 saturated heterocycles. The molecule has 1 aliphatic rings. The van der Waals surface area contributed by atoms with Gasteiger partial charge in [-0.3, -0.25) is 9.69 Å². The van der Waals surface area contributed by atoms with E-state index in [-0.39, 0.29) is 27.9 Å². The van der Waals surface area contributed by atoms with Crippen LogP contribution in [0.2, 0.25) is 0 Å². The number of anilines is 2. The zero-order valence-corrected chi connectivity index (χ0v) is 19.4. The van der Waals surface area contributed by atoms with Crippen LogP contribution in [0, 0.1) is 6.92 Å². The molecule has 9 nitrogen and oxygen atoms in total. The Morgan fingerprint density at radius 3 is 2.16 bits per heavy atom. The lowest BCUT2D eigenvalue weighted by Crippen LogP contribution is -2.48. The topological polar surface area (TPSA) is 97.4 Å². The lowest BCUT2D eigenvalue weighted by Gasteiger charge is -2.35. The average Bonchev–Trinajstić information content (AvgIpc) is 3.14. The fraction of sp³-hybridized carbons (Fsp3) is 0.409. The Hall–Kier alpha value is -3.11. The van der Waals surface area contributed by atoms with Crippen LogP contribution in [0.4, 0.5) is 10.7 Å².